The van der Waals surface area contributed by atoms with E-state index in [-0.39, 0.29) is 25.2 Å². The number of nitro benzene ring substituents is 1. The molecule has 0 fully saturated rings. The summed E-state index contributed by atoms with van der Waals surface area (Å²) in [4.78, 5) is 20.9. The average Bonchev–Trinajstić information content (AvgIpc) is 2.42. The summed E-state index contributed by atoms with van der Waals surface area (Å²) in [5.41, 5.74) is 1.88. The topological polar surface area (TPSA) is 130 Å². The lowest BCUT2D eigenvalue weighted by Gasteiger charge is -2.19. The minimum absolute atomic E-state index is 0.0183. The third kappa shape index (κ3) is 5.45. The standard InChI is InChI=1S/C11H15N3O6S/c1-21(19,20)13(7-6-11(15)12-16)8-9-2-4-10(5-3-9)14(17)18/h2-5,16H,6-8H2,1H3,(H,12,15). The highest BCUT2D eigenvalue weighted by molar-refractivity contribution is 7.88. The fraction of sp³-hybridized carbons (Fsp3) is 0.364. The number of carbonyl (C=O) groups is 1. The zero-order chi connectivity index (χ0) is 16.0. The monoisotopic (exact) mass is 317 g/mol. The molecule has 0 aliphatic rings. The number of hydrogen-bond acceptors (Lipinski definition) is 6. The summed E-state index contributed by atoms with van der Waals surface area (Å²) in [6, 6.07) is 5.44. The Morgan fingerprint density at radius 2 is 1.95 bits per heavy atom. The molecule has 9 nitrogen and oxygen atoms in total. The molecular weight excluding hydrogens is 302 g/mol. The SMILES string of the molecule is CS(=O)(=O)N(CCC(=O)NO)Cc1ccc([N+](=O)[O-])cc1. The van der Waals surface area contributed by atoms with Crippen LogP contribution in [-0.2, 0) is 21.4 Å². The molecule has 0 aliphatic heterocycles. The van der Waals surface area contributed by atoms with E-state index < -0.39 is 20.9 Å². The second-order valence-corrected chi connectivity index (χ2v) is 6.29. The number of non-ortho nitro benzene ring substituents is 1. The summed E-state index contributed by atoms with van der Waals surface area (Å²) in [7, 11) is -3.56. The first kappa shape index (κ1) is 17.0. The Kier molecular flexibility index (Phi) is 5.76. The minimum atomic E-state index is -3.56. The van der Waals surface area contributed by atoms with Crippen LogP contribution in [0.25, 0.3) is 0 Å². The van der Waals surface area contributed by atoms with Gasteiger partial charge in [0.1, 0.15) is 0 Å². The first-order valence-electron chi connectivity index (χ1n) is 5.85. The molecule has 0 saturated carbocycles. The molecule has 0 aliphatic carbocycles. The molecule has 1 amide bonds. The number of sulfonamides is 1. The summed E-state index contributed by atoms with van der Waals surface area (Å²) < 4.78 is 24.3. The summed E-state index contributed by atoms with van der Waals surface area (Å²) >= 11 is 0. The van der Waals surface area contributed by atoms with Crippen molar-refractivity contribution in [3.63, 3.8) is 0 Å². The normalized spacial score (nSPS) is 11.4. The van der Waals surface area contributed by atoms with E-state index in [1.54, 1.807) is 0 Å². The molecule has 0 atom stereocenters. The van der Waals surface area contributed by atoms with Crippen LogP contribution in [0.2, 0.25) is 0 Å². The van der Waals surface area contributed by atoms with Crippen LogP contribution in [0.3, 0.4) is 0 Å². The smallest absolute Gasteiger partial charge is 0.269 e. The maximum Gasteiger partial charge on any atom is 0.269 e. The van der Waals surface area contributed by atoms with Crippen LogP contribution in [0.1, 0.15) is 12.0 Å². The predicted molar refractivity (Wildman–Crippen MR) is 72.9 cm³/mol. The summed E-state index contributed by atoms with van der Waals surface area (Å²) in [5, 5.41) is 18.9. The van der Waals surface area contributed by atoms with E-state index >= 15 is 0 Å². The van der Waals surface area contributed by atoms with Crippen LogP contribution in [-0.4, -0.2) is 41.6 Å². The quantitative estimate of drug-likeness (QED) is 0.421. The van der Waals surface area contributed by atoms with Gasteiger partial charge in [0.2, 0.25) is 15.9 Å². The first-order valence-corrected chi connectivity index (χ1v) is 7.70. The number of rotatable bonds is 7. The van der Waals surface area contributed by atoms with Gasteiger partial charge in [-0.1, -0.05) is 12.1 Å². The van der Waals surface area contributed by atoms with Crippen molar-refractivity contribution in [3.05, 3.63) is 39.9 Å². The Morgan fingerprint density at radius 3 is 2.38 bits per heavy atom. The van der Waals surface area contributed by atoms with Crippen molar-refractivity contribution in [2.45, 2.75) is 13.0 Å². The van der Waals surface area contributed by atoms with Gasteiger partial charge in [-0.15, -0.1) is 0 Å². The molecule has 1 rings (SSSR count). The fourth-order valence-electron chi connectivity index (χ4n) is 1.57. The molecule has 0 unspecified atom stereocenters. The number of hydrogen-bond donors (Lipinski definition) is 2. The predicted octanol–water partition coefficient (Wildman–Crippen LogP) is 0.252. The van der Waals surface area contributed by atoms with Gasteiger partial charge in [-0.2, -0.15) is 4.31 Å². The van der Waals surface area contributed by atoms with Crippen LogP contribution in [0.15, 0.2) is 24.3 Å². The number of nitrogens with one attached hydrogen (secondary N) is 1. The molecule has 0 heterocycles. The summed E-state index contributed by atoms with van der Waals surface area (Å²) in [5.74, 6) is -0.702. The average molecular weight is 317 g/mol. The van der Waals surface area contributed by atoms with Gasteiger partial charge >= 0.3 is 0 Å². The van der Waals surface area contributed by atoms with E-state index in [2.05, 4.69) is 0 Å². The van der Waals surface area contributed by atoms with E-state index in [4.69, 9.17) is 5.21 Å². The Labute approximate surface area is 121 Å². The lowest BCUT2D eigenvalue weighted by Crippen LogP contribution is -2.33. The molecular formula is C11H15N3O6S. The molecule has 1 aromatic carbocycles. The Morgan fingerprint density at radius 1 is 1.38 bits per heavy atom. The molecule has 0 radical (unpaired) electrons. The van der Waals surface area contributed by atoms with Crippen LogP contribution in [0, 0.1) is 10.1 Å². The van der Waals surface area contributed by atoms with Crippen LogP contribution in [0.4, 0.5) is 5.69 Å². The second-order valence-electron chi connectivity index (χ2n) is 4.31. The van der Waals surface area contributed by atoms with Crippen molar-refractivity contribution in [2.75, 3.05) is 12.8 Å². The second kappa shape index (κ2) is 7.11. The number of amides is 1. The van der Waals surface area contributed by atoms with Gasteiger partial charge in [0.15, 0.2) is 0 Å². The molecule has 0 bridgehead atoms. The van der Waals surface area contributed by atoms with Gasteiger partial charge in [-0.25, -0.2) is 13.9 Å². The van der Waals surface area contributed by atoms with Gasteiger partial charge < -0.3 is 0 Å². The lowest BCUT2D eigenvalue weighted by atomic mass is 10.2. The molecule has 0 aromatic heterocycles. The van der Waals surface area contributed by atoms with Crippen molar-refractivity contribution >= 4 is 21.6 Å². The number of hydroxylamine groups is 1. The Hall–Kier alpha value is -2.04. The van der Waals surface area contributed by atoms with E-state index in [9.17, 15) is 23.3 Å². The van der Waals surface area contributed by atoms with E-state index in [0.717, 1.165) is 10.6 Å². The van der Waals surface area contributed by atoms with Crippen molar-refractivity contribution < 1.29 is 23.3 Å². The van der Waals surface area contributed by atoms with E-state index in [1.165, 1.54) is 29.7 Å². The molecule has 10 heteroatoms. The highest BCUT2D eigenvalue weighted by Crippen LogP contribution is 2.15. The molecule has 0 spiro atoms. The summed E-state index contributed by atoms with van der Waals surface area (Å²) in [6.07, 6.45) is 0.797. The zero-order valence-electron chi connectivity index (χ0n) is 11.2. The lowest BCUT2D eigenvalue weighted by molar-refractivity contribution is -0.384. The van der Waals surface area contributed by atoms with Gasteiger partial charge in [0.05, 0.1) is 11.2 Å². The van der Waals surface area contributed by atoms with Gasteiger partial charge in [0, 0.05) is 31.6 Å². The molecule has 2 N–H and O–H groups in total. The zero-order valence-corrected chi connectivity index (χ0v) is 12.0. The van der Waals surface area contributed by atoms with Crippen LogP contribution in [0.5, 0.6) is 0 Å². The first-order chi connectivity index (χ1) is 9.74. The number of nitrogens with zero attached hydrogens (tertiary/aromatic N) is 2. The van der Waals surface area contributed by atoms with Crippen molar-refractivity contribution in [3.8, 4) is 0 Å². The number of nitro groups is 1. The van der Waals surface area contributed by atoms with Crippen molar-refractivity contribution in [1.82, 2.24) is 9.79 Å². The third-order valence-corrected chi connectivity index (χ3v) is 3.94. The highest BCUT2D eigenvalue weighted by atomic mass is 32.2. The van der Waals surface area contributed by atoms with Crippen LogP contribution < -0.4 is 5.48 Å². The van der Waals surface area contributed by atoms with Gasteiger partial charge in [-0.3, -0.25) is 20.1 Å². The number of benzene rings is 1. The van der Waals surface area contributed by atoms with E-state index in [1.807, 2.05) is 0 Å². The van der Waals surface area contributed by atoms with E-state index in [0.29, 0.717) is 5.56 Å². The van der Waals surface area contributed by atoms with Gasteiger partial charge in [-0.05, 0) is 5.56 Å². The van der Waals surface area contributed by atoms with Crippen molar-refractivity contribution in [1.29, 1.82) is 0 Å². The van der Waals surface area contributed by atoms with Crippen molar-refractivity contribution in [2.24, 2.45) is 0 Å². The molecule has 0 saturated heterocycles. The maximum atomic E-state index is 11.6. The number of carbonyl (C=O) groups excluding carboxylic acids is 1. The third-order valence-electron chi connectivity index (χ3n) is 2.69. The molecule has 116 valence electrons. The largest absolute Gasteiger partial charge is 0.289 e. The Balaban J connectivity index is 2.81. The van der Waals surface area contributed by atoms with Crippen LogP contribution >= 0.6 is 0 Å². The molecule has 1 aromatic rings. The summed E-state index contributed by atoms with van der Waals surface area (Å²) in [6.45, 7) is -0.127. The minimum Gasteiger partial charge on any atom is -0.289 e. The molecule has 21 heavy (non-hydrogen) atoms. The van der Waals surface area contributed by atoms with Gasteiger partial charge in [0.25, 0.3) is 5.69 Å². The highest BCUT2D eigenvalue weighted by Gasteiger charge is 2.18. The maximum absolute atomic E-state index is 11.6. The Bertz CT molecular complexity index is 613. The fourth-order valence-corrected chi connectivity index (χ4v) is 2.38.